The molecule has 0 bridgehead atoms. The van der Waals surface area contributed by atoms with Crippen LogP contribution in [0.25, 0.3) is 10.9 Å². The fourth-order valence-electron chi connectivity index (χ4n) is 9.03. The van der Waals surface area contributed by atoms with Crippen molar-refractivity contribution in [3.05, 3.63) is 89.8 Å². The molecule has 1 aliphatic heterocycles. The van der Waals surface area contributed by atoms with Crippen molar-refractivity contribution in [3.8, 4) is 5.75 Å². The maximum Gasteiger partial charge on any atom is 0.245 e. The van der Waals surface area contributed by atoms with E-state index in [0.717, 1.165) is 17.0 Å². The molecular formula is C54H79N9O10. The summed E-state index contributed by atoms with van der Waals surface area (Å²) in [6, 6.07) is 2.50. The second-order valence-corrected chi connectivity index (χ2v) is 21.1. The molecule has 1 unspecified atom stereocenters. The van der Waals surface area contributed by atoms with Gasteiger partial charge in [-0.15, -0.1) is 6.58 Å². The third-order valence-electron chi connectivity index (χ3n) is 13.3. The van der Waals surface area contributed by atoms with Crippen LogP contribution in [0.1, 0.15) is 106 Å². The number of phenolic OH excluding ortho intramolecular Hbond substituents is 1. The van der Waals surface area contributed by atoms with Gasteiger partial charge in [0.05, 0.1) is 5.54 Å². The van der Waals surface area contributed by atoms with Crippen molar-refractivity contribution in [1.82, 2.24) is 41.0 Å². The second-order valence-electron chi connectivity index (χ2n) is 21.1. The van der Waals surface area contributed by atoms with Gasteiger partial charge in [0.1, 0.15) is 42.3 Å². The van der Waals surface area contributed by atoms with E-state index in [4.69, 9.17) is 0 Å². The smallest absolute Gasteiger partial charge is 0.245 e. The first-order valence-electron chi connectivity index (χ1n) is 25.2. The van der Waals surface area contributed by atoms with Gasteiger partial charge >= 0.3 is 0 Å². The third-order valence-corrected chi connectivity index (χ3v) is 13.3. The fourth-order valence-corrected chi connectivity index (χ4v) is 9.03. The highest BCUT2D eigenvalue weighted by Gasteiger charge is 2.39. The van der Waals surface area contributed by atoms with E-state index < -0.39 is 106 Å². The van der Waals surface area contributed by atoms with E-state index in [1.807, 2.05) is 90.4 Å². The summed E-state index contributed by atoms with van der Waals surface area (Å²) in [5, 5.41) is 45.7. The summed E-state index contributed by atoms with van der Waals surface area (Å²) >= 11 is 0. The molecular weight excluding hydrogens is 935 g/mol. The number of nitrogens with one attached hydrogen (secondary N) is 6. The number of aromatic nitrogens is 1. The van der Waals surface area contributed by atoms with Crippen LogP contribution < -0.4 is 31.8 Å². The van der Waals surface area contributed by atoms with E-state index in [0.29, 0.717) is 5.56 Å². The minimum absolute atomic E-state index is 0.0148. The summed E-state index contributed by atoms with van der Waals surface area (Å²) in [7, 11) is 2.85. The second kappa shape index (κ2) is 25.9. The summed E-state index contributed by atoms with van der Waals surface area (Å²) in [5.41, 5.74) is 0.757. The summed E-state index contributed by atoms with van der Waals surface area (Å²) < 4.78 is 2.03. The first kappa shape index (κ1) is 59.0. The zero-order chi connectivity index (χ0) is 54.6. The number of amides is 7. The predicted molar refractivity (Wildman–Crippen MR) is 279 cm³/mol. The first-order chi connectivity index (χ1) is 34.2. The van der Waals surface area contributed by atoms with Crippen molar-refractivity contribution >= 4 is 57.9 Å². The molecule has 0 aliphatic carbocycles. The molecule has 4 rings (SSSR count). The van der Waals surface area contributed by atoms with Crippen LogP contribution in [0.5, 0.6) is 5.75 Å². The number of para-hydroxylation sites is 1. The Morgan fingerprint density at radius 2 is 1.23 bits per heavy atom. The van der Waals surface area contributed by atoms with E-state index in [-0.39, 0.29) is 61.8 Å². The van der Waals surface area contributed by atoms with Crippen LogP contribution in [0, 0.1) is 23.0 Å². The van der Waals surface area contributed by atoms with Gasteiger partial charge in [0.2, 0.25) is 47.0 Å². The predicted octanol–water partition coefficient (Wildman–Crippen LogP) is 3.67. The Bertz CT molecular complexity index is 2500. The highest BCUT2D eigenvalue weighted by Crippen LogP contribution is 2.30. The third kappa shape index (κ3) is 15.5. The molecule has 1 aromatic heterocycles. The Kier molecular flexibility index (Phi) is 20.9. The lowest BCUT2D eigenvalue weighted by Crippen LogP contribution is -2.99. The van der Waals surface area contributed by atoms with E-state index in [9.17, 15) is 44.3 Å². The number of fused-ring (bicyclic) bond motifs is 1. The monoisotopic (exact) mass is 1010 g/mol. The number of allylic oxidation sites excluding steroid dienone is 2. The molecule has 8 atom stereocenters. The Hall–Kier alpha value is -6.57. The van der Waals surface area contributed by atoms with Gasteiger partial charge in [-0.3, -0.25) is 33.6 Å². The van der Waals surface area contributed by atoms with Crippen LogP contribution in [-0.2, 0) is 51.9 Å². The van der Waals surface area contributed by atoms with Gasteiger partial charge in [0.15, 0.2) is 5.75 Å². The number of phenols is 1. The normalized spacial score (nSPS) is 23.4. The standard InChI is InChI=1S/C54H79N9O10/c1-14-16-20-38-47(65)59-41(29-36-30-62(54(10,11)15-2)42-21-18-17-19-37(36)42)53(71)61(13)45(26-33(7)8)51(69)58-40(27-35-22-23-46(64)43(28-35)63(72)73)48(66)55-34(9)52(70)60(12)44(25-32(5)6)50(68)57-39(24-31(3)4)49(67)56-38/h14-19,21-23,28,30-34,38-41,44-45,63-64,72H,2,20,24-27,29H2,1,3-13H3,(H,55,66)(H,56,67)(H,57,68)(H,58,69)(H,59,65)/b16-14+/t34-,38-,39-,40-,41-,44-,45-/m0/s1. The number of nitrogens with zero attached hydrogens (tertiary/aromatic N) is 3. The molecule has 73 heavy (non-hydrogen) atoms. The lowest BCUT2D eigenvalue weighted by Gasteiger charge is -2.33. The highest BCUT2D eigenvalue weighted by atomic mass is 16.8. The van der Waals surface area contributed by atoms with Crippen molar-refractivity contribution in [2.24, 2.45) is 17.8 Å². The van der Waals surface area contributed by atoms with Crippen molar-refractivity contribution in [3.63, 3.8) is 0 Å². The molecule has 1 saturated heterocycles. The Balaban J connectivity index is 1.97. The molecule has 0 spiro atoms. The van der Waals surface area contributed by atoms with Gasteiger partial charge in [-0.25, -0.2) is 5.21 Å². The summed E-state index contributed by atoms with van der Waals surface area (Å²) in [5.74, 6) is -5.88. The van der Waals surface area contributed by atoms with Crippen LogP contribution in [0.4, 0.5) is 5.69 Å². The minimum atomic E-state index is -1.47. The van der Waals surface area contributed by atoms with E-state index in [1.165, 1.54) is 43.0 Å². The van der Waals surface area contributed by atoms with Gasteiger partial charge < -0.3 is 51.3 Å². The van der Waals surface area contributed by atoms with Gasteiger partial charge in [0.25, 0.3) is 0 Å². The number of likely N-dealkylation sites (N-methyl/N-ethyl adjacent to an activating group) is 2. The molecule has 2 heterocycles. The Morgan fingerprint density at radius 1 is 0.712 bits per heavy atom. The fraction of sp³-hybridized carbons (Fsp3) is 0.537. The van der Waals surface area contributed by atoms with Crippen molar-refractivity contribution < 1.29 is 49.1 Å². The van der Waals surface area contributed by atoms with Crippen molar-refractivity contribution in [2.75, 3.05) is 14.1 Å². The number of aromatic hydroxyl groups is 1. The average molecular weight is 1010 g/mol. The average Bonchev–Trinajstić information content (AvgIpc) is 3.70. The van der Waals surface area contributed by atoms with Crippen LogP contribution in [0.15, 0.2) is 73.5 Å². The Morgan fingerprint density at radius 3 is 1.79 bits per heavy atom. The lowest BCUT2D eigenvalue weighted by molar-refractivity contribution is -0.991. The van der Waals surface area contributed by atoms with Crippen molar-refractivity contribution in [2.45, 2.75) is 156 Å². The topological polar surface area (TPSA) is 259 Å². The number of benzene rings is 2. The number of quaternary nitrogens is 1. The maximum atomic E-state index is 15.3. The number of hydrogen-bond acceptors (Lipinski definition) is 10. The molecule has 0 saturated carbocycles. The molecule has 1 fully saturated rings. The van der Waals surface area contributed by atoms with Gasteiger partial charge in [-0.1, -0.05) is 84.0 Å². The molecule has 0 radical (unpaired) electrons. The van der Waals surface area contributed by atoms with Gasteiger partial charge in [-0.2, -0.15) is 5.23 Å². The molecule has 400 valence electrons. The van der Waals surface area contributed by atoms with Crippen LogP contribution in [-0.4, -0.2) is 122 Å². The maximum absolute atomic E-state index is 15.3. The molecule has 3 aromatic rings. The number of carbonyl (C=O) groups excluding carboxylic acids is 7. The molecule has 1 aliphatic rings. The van der Waals surface area contributed by atoms with E-state index in [1.54, 1.807) is 25.2 Å². The SMILES string of the molecule is C=CC(C)(C)n1cc(C[C@@H]2NC(=O)[C@H](C/C=C/C)NC(=O)[C@H](CC(C)C)NC(=O)[C@H](CC(C)C)N(C)C(=O)[C@H](C)NC(=O)[C@H](Cc3ccc(O)c([NH+]([O-])O)c3)NC(=O)[C@H](CC(C)C)N(C)C2=O)c2ccccc21. The zero-order valence-corrected chi connectivity index (χ0v) is 44.6. The molecule has 8 N–H and O–H groups in total. The number of rotatable bonds is 15. The molecule has 19 nitrogen and oxygen atoms in total. The van der Waals surface area contributed by atoms with Crippen LogP contribution in [0.2, 0.25) is 0 Å². The quantitative estimate of drug-likeness (QED) is 0.0623. The summed E-state index contributed by atoms with van der Waals surface area (Å²) in [6.07, 6.45) is 7.20. The number of carbonyl (C=O) groups is 7. The van der Waals surface area contributed by atoms with Gasteiger partial charge in [-0.05, 0) is 94.4 Å². The van der Waals surface area contributed by atoms with E-state index >= 15 is 4.79 Å². The largest absolute Gasteiger partial charge is 0.595 e. The molecule has 2 aromatic carbocycles. The van der Waals surface area contributed by atoms with Crippen LogP contribution in [0.3, 0.4) is 0 Å². The zero-order valence-electron chi connectivity index (χ0n) is 44.6. The van der Waals surface area contributed by atoms with Crippen molar-refractivity contribution in [1.29, 1.82) is 0 Å². The molecule has 19 heteroatoms. The van der Waals surface area contributed by atoms with E-state index in [2.05, 4.69) is 33.2 Å². The van der Waals surface area contributed by atoms with Gasteiger partial charge in [0, 0.05) is 50.1 Å². The Labute approximate surface area is 429 Å². The lowest BCUT2D eigenvalue weighted by atomic mass is 9.98. The van der Waals surface area contributed by atoms with Crippen LogP contribution >= 0.6 is 0 Å². The first-order valence-corrected chi connectivity index (χ1v) is 25.2. The summed E-state index contributed by atoms with van der Waals surface area (Å²) in [6.45, 7) is 22.4. The summed E-state index contributed by atoms with van der Waals surface area (Å²) in [4.78, 5) is 105. The minimum Gasteiger partial charge on any atom is -0.595 e. The highest BCUT2D eigenvalue weighted by molar-refractivity contribution is 5.99. The number of hydrogen-bond donors (Lipinski definition) is 8. The molecule has 7 amide bonds.